The molecular formula is C17H19N3S. The fraction of sp³-hybridized carbons (Fsp3) is 0.235. The number of hydrogen-bond donors (Lipinski definition) is 1. The van der Waals surface area contributed by atoms with Gasteiger partial charge in [0, 0.05) is 23.7 Å². The third kappa shape index (κ3) is 2.85. The van der Waals surface area contributed by atoms with Crippen molar-refractivity contribution in [2.75, 3.05) is 10.6 Å². The minimum absolute atomic E-state index is 0.398. The highest BCUT2D eigenvalue weighted by atomic mass is 32.1. The van der Waals surface area contributed by atoms with Gasteiger partial charge in [0.05, 0.1) is 5.52 Å². The summed E-state index contributed by atoms with van der Waals surface area (Å²) in [5, 5.41) is 2.45. The maximum absolute atomic E-state index is 5.89. The van der Waals surface area contributed by atoms with Crippen LogP contribution in [0.2, 0.25) is 0 Å². The van der Waals surface area contributed by atoms with E-state index in [0.717, 1.165) is 17.7 Å². The van der Waals surface area contributed by atoms with E-state index in [9.17, 15) is 0 Å². The van der Waals surface area contributed by atoms with E-state index >= 15 is 0 Å². The van der Waals surface area contributed by atoms with Crippen LogP contribution in [0.5, 0.6) is 0 Å². The Hall–Kier alpha value is -2.07. The summed E-state index contributed by atoms with van der Waals surface area (Å²) in [5.74, 6) is 0. The summed E-state index contributed by atoms with van der Waals surface area (Å²) in [6.07, 6.45) is 0. The van der Waals surface area contributed by atoms with Crippen LogP contribution in [0.3, 0.4) is 0 Å². The third-order valence-corrected chi connectivity index (χ3v) is 4.47. The lowest BCUT2D eigenvalue weighted by Crippen LogP contribution is -2.29. The van der Waals surface area contributed by atoms with Gasteiger partial charge in [0.2, 0.25) is 0 Å². The van der Waals surface area contributed by atoms with Crippen LogP contribution in [0.1, 0.15) is 19.4 Å². The number of aromatic nitrogens is 1. The van der Waals surface area contributed by atoms with Gasteiger partial charge >= 0.3 is 0 Å². The first-order valence-electron chi connectivity index (χ1n) is 7.10. The van der Waals surface area contributed by atoms with Gasteiger partial charge in [0.25, 0.3) is 0 Å². The highest BCUT2D eigenvalue weighted by Crippen LogP contribution is 2.33. The summed E-state index contributed by atoms with van der Waals surface area (Å²) in [6.45, 7) is 5.26. The lowest BCUT2D eigenvalue weighted by Gasteiger charge is -2.27. The summed E-state index contributed by atoms with van der Waals surface area (Å²) in [7, 11) is 0. The molecule has 0 amide bonds. The highest BCUT2D eigenvalue weighted by Gasteiger charge is 2.17. The molecular weight excluding hydrogens is 278 g/mol. The lowest BCUT2D eigenvalue weighted by molar-refractivity contribution is 0.690. The molecule has 0 fully saturated rings. The molecule has 0 aliphatic heterocycles. The smallest absolute Gasteiger partial charge is 0.120 e. The molecule has 1 heterocycles. The number of anilines is 2. The summed E-state index contributed by atoms with van der Waals surface area (Å²) in [4.78, 5) is 2.38. The molecule has 3 rings (SSSR count). The largest absolute Gasteiger partial charge is 0.399 e. The lowest BCUT2D eigenvalue weighted by atomic mass is 10.1. The maximum Gasteiger partial charge on any atom is 0.120 e. The summed E-state index contributed by atoms with van der Waals surface area (Å²) < 4.78 is 4.56. The van der Waals surface area contributed by atoms with Gasteiger partial charge < -0.3 is 10.6 Å². The predicted molar refractivity (Wildman–Crippen MR) is 91.8 cm³/mol. The zero-order valence-electron chi connectivity index (χ0n) is 12.3. The number of benzene rings is 2. The molecule has 0 radical (unpaired) electrons. The maximum atomic E-state index is 5.89. The summed E-state index contributed by atoms with van der Waals surface area (Å²) >= 11 is 1.57. The molecule has 0 atom stereocenters. The Kier molecular flexibility index (Phi) is 3.80. The van der Waals surface area contributed by atoms with Crippen LogP contribution in [0.15, 0.2) is 48.5 Å². The van der Waals surface area contributed by atoms with Crippen molar-refractivity contribution < 1.29 is 0 Å². The molecule has 3 nitrogen and oxygen atoms in total. The van der Waals surface area contributed by atoms with Crippen LogP contribution in [-0.4, -0.2) is 10.4 Å². The average Bonchev–Trinajstić information content (AvgIpc) is 2.88. The van der Waals surface area contributed by atoms with Gasteiger partial charge in [-0.05, 0) is 55.2 Å². The van der Waals surface area contributed by atoms with Gasteiger partial charge in [0.15, 0.2) is 0 Å². The van der Waals surface area contributed by atoms with Crippen LogP contribution in [0.25, 0.3) is 10.9 Å². The zero-order chi connectivity index (χ0) is 14.8. The van der Waals surface area contributed by atoms with E-state index in [-0.39, 0.29) is 0 Å². The van der Waals surface area contributed by atoms with E-state index in [1.54, 1.807) is 11.5 Å². The molecule has 2 N–H and O–H groups in total. The number of hydrogen-bond acceptors (Lipinski definition) is 4. The fourth-order valence-electron chi connectivity index (χ4n) is 2.46. The molecule has 0 spiro atoms. The Morgan fingerprint density at radius 2 is 1.95 bits per heavy atom. The second-order valence-corrected chi connectivity index (χ2v) is 6.22. The van der Waals surface area contributed by atoms with Crippen LogP contribution in [-0.2, 0) is 6.54 Å². The van der Waals surface area contributed by atoms with Gasteiger partial charge in [-0.15, -0.1) is 0 Å². The Morgan fingerprint density at radius 1 is 1.14 bits per heavy atom. The van der Waals surface area contributed by atoms with Gasteiger partial charge in [-0.25, -0.2) is 0 Å². The van der Waals surface area contributed by atoms with Crippen molar-refractivity contribution in [3.05, 3.63) is 54.1 Å². The fourth-order valence-corrected chi connectivity index (χ4v) is 3.46. The van der Waals surface area contributed by atoms with Crippen molar-refractivity contribution in [1.29, 1.82) is 0 Å². The molecule has 0 aliphatic carbocycles. The van der Waals surface area contributed by atoms with Gasteiger partial charge in [-0.3, -0.25) is 0 Å². The Labute approximate surface area is 129 Å². The third-order valence-electron chi connectivity index (χ3n) is 3.55. The Balaban J connectivity index is 1.98. The number of nitrogens with two attached hydrogens (primary N) is 1. The highest BCUT2D eigenvalue weighted by molar-refractivity contribution is 7.11. The van der Waals surface area contributed by atoms with Crippen molar-refractivity contribution in [3.63, 3.8) is 0 Å². The van der Waals surface area contributed by atoms with Crippen molar-refractivity contribution in [3.8, 4) is 0 Å². The van der Waals surface area contributed by atoms with E-state index in [4.69, 9.17) is 5.73 Å². The second-order valence-electron chi connectivity index (χ2n) is 5.47. The standard InChI is InChI=1S/C17H19N3S/c1-12(2)20(11-13-6-5-7-14(18)10-13)17-15-8-3-4-9-16(15)19-21-17/h3-10,12H,11,18H2,1-2H3. The topological polar surface area (TPSA) is 42.1 Å². The molecule has 2 aromatic carbocycles. The molecule has 0 unspecified atom stereocenters. The van der Waals surface area contributed by atoms with Crippen molar-refractivity contribution >= 4 is 33.1 Å². The first kappa shape index (κ1) is 13.9. The normalized spacial score (nSPS) is 11.2. The molecule has 108 valence electrons. The minimum Gasteiger partial charge on any atom is -0.399 e. The molecule has 0 bridgehead atoms. The van der Waals surface area contributed by atoms with Crippen molar-refractivity contribution in [2.45, 2.75) is 26.4 Å². The average molecular weight is 297 g/mol. The van der Waals surface area contributed by atoms with E-state index < -0.39 is 0 Å². The number of nitrogens with zero attached hydrogens (tertiary/aromatic N) is 2. The first-order chi connectivity index (χ1) is 10.1. The molecule has 21 heavy (non-hydrogen) atoms. The first-order valence-corrected chi connectivity index (χ1v) is 7.88. The Bertz CT molecular complexity index is 748. The summed E-state index contributed by atoms with van der Waals surface area (Å²) in [5.41, 5.74) is 8.99. The Morgan fingerprint density at radius 3 is 2.71 bits per heavy atom. The monoisotopic (exact) mass is 297 g/mol. The molecule has 4 heteroatoms. The second kappa shape index (κ2) is 5.74. The van der Waals surface area contributed by atoms with Crippen LogP contribution in [0, 0.1) is 0 Å². The van der Waals surface area contributed by atoms with Gasteiger partial charge in [0.1, 0.15) is 5.00 Å². The number of fused-ring (bicyclic) bond motifs is 1. The van der Waals surface area contributed by atoms with Crippen LogP contribution < -0.4 is 10.6 Å². The molecule has 0 aliphatic rings. The minimum atomic E-state index is 0.398. The zero-order valence-corrected chi connectivity index (χ0v) is 13.1. The SMILES string of the molecule is CC(C)N(Cc1cccc(N)c1)c1snc2ccccc12. The van der Waals surface area contributed by atoms with Crippen LogP contribution >= 0.6 is 11.5 Å². The number of nitrogen functional groups attached to an aromatic ring is 1. The molecule has 0 saturated carbocycles. The summed E-state index contributed by atoms with van der Waals surface area (Å²) in [6, 6.07) is 16.8. The van der Waals surface area contributed by atoms with E-state index in [0.29, 0.717) is 6.04 Å². The molecule has 1 aromatic heterocycles. The predicted octanol–water partition coefficient (Wildman–Crippen LogP) is 4.29. The molecule has 3 aromatic rings. The quantitative estimate of drug-likeness (QED) is 0.730. The van der Waals surface area contributed by atoms with Gasteiger partial charge in [-0.1, -0.05) is 24.3 Å². The molecule has 0 saturated heterocycles. The van der Waals surface area contributed by atoms with Crippen molar-refractivity contribution in [2.24, 2.45) is 0 Å². The van der Waals surface area contributed by atoms with Crippen molar-refractivity contribution in [1.82, 2.24) is 4.37 Å². The van der Waals surface area contributed by atoms with Gasteiger partial charge in [-0.2, -0.15) is 4.37 Å². The van der Waals surface area contributed by atoms with Crippen LogP contribution in [0.4, 0.5) is 10.7 Å². The van der Waals surface area contributed by atoms with E-state index in [2.05, 4.69) is 47.4 Å². The van der Waals surface area contributed by atoms with E-state index in [1.165, 1.54) is 16.0 Å². The number of rotatable bonds is 4. The van der Waals surface area contributed by atoms with E-state index in [1.807, 2.05) is 24.3 Å².